The van der Waals surface area contributed by atoms with Gasteiger partial charge in [0.25, 0.3) is 5.89 Å². The molecular weight excluding hydrogens is 627 g/mol. The molecule has 0 radical (unpaired) electrons. The molecule has 48 heavy (non-hydrogen) atoms. The van der Waals surface area contributed by atoms with Crippen molar-refractivity contribution in [2.75, 3.05) is 13.2 Å². The summed E-state index contributed by atoms with van der Waals surface area (Å²) in [5.41, 5.74) is 0.857. The molecule has 0 unspecified atom stereocenters. The van der Waals surface area contributed by atoms with Crippen LogP contribution in [0, 0.1) is 34.2 Å². The smallest absolute Gasteiger partial charge is 0.434 e. The van der Waals surface area contributed by atoms with Gasteiger partial charge in [-0.2, -0.15) is 5.26 Å². The largest absolute Gasteiger partial charge is 0.473 e. The highest BCUT2D eigenvalue weighted by atomic mass is 19.1. The first-order chi connectivity index (χ1) is 23.1. The maximum Gasteiger partial charge on any atom is 0.434 e. The number of rotatable bonds is 7. The predicted octanol–water partition coefficient (Wildman–Crippen LogP) is 7.15. The van der Waals surface area contributed by atoms with Crippen LogP contribution in [0.4, 0.5) is 13.2 Å². The topological polar surface area (TPSA) is 156 Å². The highest BCUT2D eigenvalue weighted by Gasteiger charge is 2.23. The lowest BCUT2D eigenvalue weighted by molar-refractivity contribution is 0.167. The highest BCUT2D eigenvalue weighted by Crippen LogP contribution is 2.28. The average molecular weight is 666 g/mol. The van der Waals surface area contributed by atoms with E-state index < -0.39 is 23.2 Å². The number of aromatic amines is 2. The van der Waals surface area contributed by atoms with Gasteiger partial charge >= 0.3 is 5.76 Å². The van der Waals surface area contributed by atoms with Crippen LogP contribution in [0.3, 0.4) is 0 Å². The van der Waals surface area contributed by atoms with Crippen LogP contribution in [0.25, 0.3) is 23.0 Å². The average Bonchev–Trinajstić information content (AvgIpc) is 3.85. The fourth-order valence-electron chi connectivity index (χ4n) is 4.20. The molecule has 2 N–H and O–H groups in total. The van der Waals surface area contributed by atoms with Gasteiger partial charge in [0.2, 0.25) is 11.7 Å². The molecule has 1 saturated heterocycles. The number of halogens is 3. The van der Waals surface area contributed by atoms with E-state index in [4.69, 9.17) is 19.2 Å². The monoisotopic (exact) mass is 665 g/mol. The summed E-state index contributed by atoms with van der Waals surface area (Å²) in [6.45, 7) is 14.2. The van der Waals surface area contributed by atoms with Gasteiger partial charge in [-0.05, 0) is 47.7 Å². The maximum absolute atomic E-state index is 15.0. The number of H-pyrrole nitrogens is 2. The van der Waals surface area contributed by atoms with Crippen LogP contribution >= 0.6 is 0 Å². The summed E-state index contributed by atoms with van der Waals surface area (Å²) in [6.07, 6.45) is 1.10. The standard InChI is InChI=1S/C24H14F3N7O3.C6H12O.2C2H6/c25-16-6-12(10-28)4-5-13(16)11-36-21-3-1-2-19(29-21)15-9-17(26)14(7-18(15)27)8-20-30-22(32-31-20)23-33-34-24(35)37-23;1-6(2)3-4-7-5-6;2*1-2/h1-7,9H,8,11H2,(H,34,35)(H,30,31,32);3-5H2,1-2H3;2*1-2H3. The minimum absolute atomic E-state index is 0.00359. The van der Waals surface area contributed by atoms with Crippen LogP contribution in [0.15, 0.2) is 57.7 Å². The normalized spacial score (nSPS) is 12.8. The van der Waals surface area contributed by atoms with Crippen molar-refractivity contribution in [2.45, 2.75) is 61.0 Å². The Morgan fingerprint density at radius 3 is 2.29 bits per heavy atom. The molecule has 254 valence electrons. The third-order valence-corrected chi connectivity index (χ3v) is 6.63. The molecule has 0 saturated carbocycles. The number of hydrogen-bond acceptors (Lipinski definition) is 9. The van der Waals surface area contributed by atoms with Gasteiger partial charge in [0.1, 0.15) is 29.9 Å². The van der Waals surface area contributed by atoms with E-state index in [0.29, 0.717) is 5.41 Å². The third-order valence-electron chi connectivity index (χ3n) is 6.63. The Balaban J connectivity index is 0.000000493. The van der Waals surface area contributed by atoms with E-state index in [2.05, 4.69) is 44.2 Å². The van der Waals surface area contributed by atoms with Crippen LogP contribution in [0.5, 0.6) is 5.88 Å². The minimum atomic E-state index is -0.783. The van der Waals surface area contributed by atoms with Gasteiger partial charge < -0.3 is 13.9 Å². The minimum Gasteiger partial charge on any atom is -0.473 e. The fraction of sp³-hybridized carbons (Fsp3) is 0.353. The summed E-state index contributed by atoms with van der Waals surface area (Å²) < 4.78 is 59.4. The van der Waals surface area contributed by atoms with Gasteiger partial charge in [-0.15, -0.1) is 10.2 Å². The molecule has 1 aliphatic rings. The molecule has 6 rings (SSSR count). The summed E-state index contributed by atoms with van der Waals surface area (Å²) in [7, 11) is 0. The molecule has 3 aromatic heterocycles. The number of benzene rings is 2. The van der Waals surface area contributed by atoms with Gasteiger partial charge in [0.15, 0.2) is 0 Å². The van der Waals surface area contributed by atoms with Gasteiger partial charge in [0.05, 0.1) is 23.9 Å². The summed E-state index contributed by atoms with van der Waals surface area (Å²) in [6, 6.07) is 12.4. The Morgan fingerprint density at radius 2 is 1.69 bits per heavy atom. The molecule has 0 atom stereocenters. The second-order valence-corrected chi connectivity index (χ2v) is 10.7. The lowest BCUT2D eigenvalue weighted by Crippen LogP contribution is -2.08. The molecule has 2 aromatic carbocycles. The Hall–Kier alpha value is -5.29. The zero-order valence-electron chi connectivity index (χ0n) is 27.7. The van der Waals surface area contributed by atoms with Gasteiger partial charge in [-0.1, -0.05) is 53.7 Å². The van der Waals surface area contributed by atoms with Crippen molar-refractivity contribution in [1.82, 2.24) is 30.4 Å². The second-order valence-electron chi connectivity index (χ2n) is 10.7. The molecule has 11 nitrogen and oxygen atoms in total. The summed E-state index contributed by atoms with van der Waals surface area (Å²) in [4.78, 5) is 19.3. The van der Waals surface area contributed by atoms with Crippen LogP contribution in [0.2, 0.25) is 0 Å². The number of hydrogen-bond donors (Lipinski definition) is 2. The van der Waals surface area contributed by atoms with Gasteiger partial charge in [-0.25, -0.2) is 33.0 Å². The molecule has 1 aliphatic heterocycles. The first kappa shape index (κ1) is 37.2. The van der Waals surface area contributed by atoms with Crippen molar-refractivity contribution in [3.63, 3.8) is 0 Å². The van der Waals surface area contributed by atoms with Crippen molar-refractivity contribution in [1.29, 1.82) is 5.26 Å². The van der Waals surface area contributed by atoms with E-state index >= 15 is 0 Å². The first-order valence-electron chi connectivity index (χ1n) is 15.4. The van der Waals surface area contributed by atoms with Crippen molar-refractivity contribution in [2.24, 2.45) is 5.41 Å². The van der Waals surface area contributed by atoms with Crippen molar-refractivity contribution in [3.8, 4) is 34.9 Å². The van der Waals surface area contributed by atoms with Gasteiger partial charge in [-0.3, -0.25) is 5.10 Å². The van der Waals surface area contributed by atoms with Crippen molar-refractivity contribution in [3.05, 3.63) is 99.0 Å². The van der Waals surface area contributed by atoms with Crippen LogP contribution in [-0.4, -0.2) is 43.6 Å². The Labute approximate surface area is 276 Å². The SMILES string of the molecule is CC.CC.CC1(C)CCOC1.N#Cc1ccc(COc2cccc(-c3cc(F)c(Cc4nc(-c5n[nH]c(=O)o5)n[nH]4)cc3F)n2)c(F)c1. The number of nitriles is 1. The zero-order chi connectivity index (χ0) is 35.3. The van der Waals surface area contributed by atoms with E-state index in [1.165, 1.54) is 30.7 Å². The molecule has 4 heterocycles. The van der Waals surface area contributed by atoms with Crippen LogP contribution in [-0.2, 0) is 17.8 Å². The number of ether oxygens (including phenoxy) is 2. The molecule has 1 fully saturated rings. The van der Waals surface area contributed by atoms with E-state index in [0.717, 1.165) is 31.4 Å². The number of nitrogens with one attached hydrogen (secondary N) is 2. The lowest BCUT2D eigenvalue weighted by Gasteiger charge is -2.11. The van der Waals surface area contributed by atoms with Crippen molar-refractivity contribution >= 4 is 0 Å². The number of nitrogens with zero attached hydrogens (tertiary/aromatic N) is 5. The Kier molecular flexibility index (Phi) is 13.6. The van der Waals surface area contributed by atoms with Crippen molar-refractivity contribution < 1.29 is 27.1 Å². The highest BCUT2D eigenvalue weighted by molar-refractivity contribution is 5.61. The maximum atomic E-state index is 15.0. The fourth-order valence-corrected chi connectivity index (χ4v) is 4.20. The molecular formula is C34H38F3N7O4. The van der Waals surface area contributed by atoms with Crippen LogP contribution < -0.4 is 10.5 Å². The zero-order valence-corrected chi connectivity index (χ0v) is 27.7. The number of aromatic nitrogens is 6. The molecule has 0 bridgehead atoms. The Bertz CT molecular complexity index is 1870. The van der Waals surface area contributed by atoms with E-state index in [1.54, 1.807) is 6.07 Å². The van der Waals surface area contributed by atoms with E-state index in [-0.39, 0.29) is 64.4 Å². The quantitative estimate of drug-likeness (QED) is 0.184. The second kappa shape index (κ2) is 17.6. The third kappa shape index (κ3) is 10.1. The molecule has 0 spiro atoms. The van der Waals surface area contributed by atoms with E-state index in [1.807, 2.05) is 33.8 Å². The predicted molar refractivity (Wildman–Crippen MR) is 172 cm³/mol. The summed E-state index contributed by atoms with van der Waals surface area (Å²) in [5.74, 6) is -2.75. The lowest BCUT2D eigenvalue weighted by atomic mass is 9.94. The molecule has 0 amide bonds. The summed E-state index contributed by atoms with van der Waals surface area (Å²) >= 11 is 0. The van der Waals surface area contributed by atoms with Crippen LogP contribution in [0.1, 0.15) is 70.5 Å². The van der Waals surface area contributed by atoms with Gasteiger partial charge in [0, 0.05) is 30.2 Å². The molecule has 5 aromatic rings. The van der Waals surface area contributed by atoms with E-state index in [9.17, 15) is 18.0 Å². The summed E-state index contributed by atoms with van der Waals surface area (Å²) in [5, 5.41) is 20.9. The first-order valence-corrected chi connectivity index (χ1v) is 15.4. The Morgan fingerprint density at radius 1 is 0.938 bits per heavy atom. The molecule has 14 heteroatoms. The molecule has 0 aliphatic carbocycles. The number of pyridine rings is 1.